The van der Waals surface area contributed by atoms with E-state index in [0.29, 0.717) is 5.95 Å². The molecule has 0 aliphatic carbocycles. The Hall–Kier alpha value is -3.22. The second kappa shape index (κ2) is 5.53. The fourth-order valence-electron chi connectivity index (χ4n) is 2.58. The first-order valence-corrected chi connectivity index (χ1v) is 7.16. The van der Waals surface area contributed by atoms with Gasteiger partial charge in [-0.1, -0.05) is 17.2 Å². The van der Waals surface area contributed by atoms with Gasteiger partial charge in [-0.2, -0.15) is 4.68 Å². The molecule has 0 spiro atoms. The van der Waals surface area contributed by atoms with E-state index in [1.807, 2.05) is 42.6 Å². The maximum Gasteiger partial charge on any atom is 0.248 e. The number of allylic oxidation sites excluding steroid dienone is 1. The van der Waals surface area contributed by atoms with Gasteiger partial charge in [-0.05, 0) is 46.3 Å². The molecular formula is C16H14N6O. The van der Waals surface area contributed by atoms with Crippen LogP contribution in [0.2, 0.25) is 0 Å². The zero-order chi connectivity index (χ0) is 15.6. The van der Waals surface area contributed by atoms with Gasteiger partial charge in [0.25, 0.3) is 0 Å². The second-order valence-electron chi connectivity index (χ2n) is 5.11. The molecule has 1 N–H and O–H groups in total. The van der Waals surface area contributed by atoms with Crippen molar-refractivity contribution in [2.24, 2.45) is 0 Å². The average Bonchev–Trinajstić information content (AvgIpc) is 3.10. The van der Waals surface area contributed by atoms with Gasteiger partial charge in [-0.3, -0.25) is 4.98 Å². The summed E-state index contributed by atoms with van der Waals surface area (Å²) in [7, 11) is 1.65. The summed E-state index contributed by atoms with van der Waals surface area (Å²) >= 11 is 0. The van der Waals surface area contributed by atoms with Crippen LogP contribution >= 0.6 is 0 Å². The summed E-state index contributed by atoms with van der Waals surface area (Å²) in [4.78, 5) is 4.17. The van der Waals surface area contributed by atoms with Crippen LogP contribution in [-0.2, 0) is 0 Å². The number of hydrogen-bond acceptors (Lipinski definition) is 6. The summed E-state index contributed by atoms with van der Waals surface area (Å²) in [6, 6.07) is 11.7. The van der Waals surface area contributed by atoms with Crippen molar-refractivity contribution in [2.45, 2.75) is 6.04 Å². The monoisotopic (exact) mass is 306 g/mol. The summed E-state index contributed by atoms with van der Waals surface area (Å²) in [5, 5.41) is 15.1. The maximum absolute atomic E-state index is 5.22. The molecule has 23 heavy (non-hydrogen) atoms. The molecular weight excluding hydrogens is 292 g/mol. The van der Waals surface area contributed by atoms with E-state index in [-0.39, 0.29) is 6.04 Å². The van der Waals surface area contributed by atoms with Crippen molar-refractivity contribution in [2.75, 3.05) is 12.4 Å². The Morgan fingerprint density at radius 1 is 1.17 bits per heavy atom. The van der Waals surface area contributed by atoms with E-state index >= 15 is 0 Å². The van der Waals surface area contributed by atoms with Crippen LogP contribution in [0.4, 0.5) is 5.95 Å². The van der Waals surface area contributed by atoms with Gasteiger partial charge >= 0.3 is 0 Å². The highest BCUT2D eigenvalue weighted by molar-refractivity contribution is 5.76. The molecule has 0 bridgehead atoms. The topological polar surface area (TPSA) is 77.8 Å². The van der Waals surface area contributed by atoms with Gasteiger partial charge in [0.15, 0.2) is 0 Å². The number of ether oxygens (including phenoxy) is 1. The van der Waals surface area contributed by atoms with Gasteiger partial charge in [0.1, 0.15) is 11.8 Å². The van der Waals surface area contributed by atoms with E-state index in [1.165, 1.54) is 0 Å². The molecule has 4 rings (SSSR count). The Kier molecular flexibility index (Phi) is 3.23. The fourth-order valence-corrected chi connectivity index (χ4v) is 2.58. The summed E-state index contributed by atoms with van der Waals surface area (Å²) < 4.78 is 6.97. The number of hydrogen-bond donors (Lipinski definition) is 1. The Balaban J connectivity index is 1.78. The number of rotatable bonds is 3. The highest BCUT2D eigenvalue weighted by atomic mass is 16.5. The molecule has 1 aliphatic heterocycles. The molecule has 1 unspecified atom stereocenters. The van der Waals surface area contributed by atoms with Crippen LogP contribution in [-0.4, -0.2) is 32.3 Å². The van der Waals surface area contributed by atoms with Crippen LogP contribution in [0.25, 0.3) is 5.70 Å². The number of fused-ring (bicyclic) bond motifs is 1. The zero-order valence-electron chi connectivity index (χ0n) is 12.4. The molecule has 2 aromatic heterocycles. The van der Waals surface area contributed by atoms with Crippen LogP contribution in [0.1, 0.15) is 17.2 Å². The van der Waals surface area contributed by atoms with E-state index in [9.17, 15) is 0 Å². The third-order valence-electron chi connectivity index (χ3n) is 3.76. The average molecular weight is 306 g/mol. The second-order valence-corrected chi connectivity index (χ2v) is 5.11. The highest BCUT2D eigenvalue weighted by Gasteiger charge is 2.24. The first kappa shape index (κ1) is 13.4. The lowest BCUT2D eigenvalue weighted by atomic mass is 10.0. The predicted octanol–water partition coefficient (Wildman–Crippen LogP) is 2.13. The van der Waals surface area contributed by atoms with E-state index in [1.54, 1.807) is 18.0 Å². The van der Waals surface area contributed by atoms with Crippen LogP contribution in [0.15, 0.2) is 54.9 Å². The number of aromatic nitrogens is 5. The molecule has 7 nitrogen and oxygen atoms in total. The normalized spacial score (nSPS) is 16.2. The Bertz CT molecular complexity index is 841. The predicted molar refractivity (Wildman–Crippen MR) is 84.8 cm³/mol. The third kappa shape index (κ3) is 2.42. The van der Waals surface area contributed by atoms with E-state index in [2.05, 4.69) is 31.9 Å². The lowest BCUT2D eigenvalue weighted by Crippen LogP contribution is -2.20. The smallest absolute Gasteiger partial charge is 0.248 e. The molecule has 3 heterocycles. The summed E-state index contributed by atoms with van der Waals surface area (Å²) in [6.07, 6.45) is 5.64. The summed E-state index contributed by atoms with van der Waals surface area (Å²) in [6.45, 7) is 0. The molecule has 0 saturated carbocycles. The molecule has 7 heteroatoms. The van der Waals surface area contributed by atoms with Crippen LogP contribution in [0.3, 0.4) is 0 Å². The SMILES string of the molecule is COc1ccc(C2C=C(c3cccnc3)Nc3nnnn32)cc1. The number of tetrazole rings is 1. The number of benzene rings is 1. The van der Waals surface area contributed by atoms with Gasteiger partial charge in [-0.25, -0.2) is 0 Å². The van der Waals surface area contributed by atoms with E-state index < -0.39 is 0 Å². The number of nitrogens with zero attached hydrogens (tertiary/aromatic N) is 5. The number of methoxy groups -OCH3 is 1. The molecule has 114 valence electrons. The standard InChI is InChI=1S/C16H14N6O/c1-23-13-6-4-11(5-7-13)15-9-14(12-3-2-8-17-10-12)18-16-19-20-21-22(15)16/h2-10,15H,1H3,(H,18,19,21). The Labute approximate surface area is 132 Å². The van der Waals surface area contributed by atoms with Crippen LogP contribution < -0.4 is 10.1 Å². The van der Waals surface area contributed by atoms with Crippen molar-refractivity contribution in [3.63, 3.8) is 0 Å². The van der Waals surface area contributed by atoms with Crippen molar-refractivity contribution in [1.29, 1.82) is 0 Å². The maximum atomic E-state index is 5.22. The molecule has 3 aromatic rings. The van der Waals surface area contributed by atoms with Crippen molar-refractivity contribution < 1.29 is 4.74 Å². The summed E-state index contributed by atoms with van der Waals surface area (Å²) in [5.41, 5.74) is 2.99. The van der Waals surface area contributed by atoms with Crippen LogP contribution in [0.5, 0.6) is 5.75 Å². The third-order valence-corrected chi connectivity index (χ3v) is 3.76. The number of nitrogens with one attached hydrogen (secondary N) is 1. The molecule has 0 amide bonds. The number of pyridine rings is 1. The minimum atomic E-state index is -0.0950. The van der Waals surface area contributed by atoms with Gasteiger partial charge in [0.2, 0.25) is 5.95 Å². The fraction of sp³-hybridized carbons (Fsp3) is 0.125. The minimum absolute atomic E-state index is 0.0950. The highest BCUT2D eigenvalue weighted by Crippen LogP contribution is 2.31. The van der Waals surface area contributed by atoms with Crippen molar-refractivity contribution in [3.8, 4) is 5.75 Å². The van der Waals surface area contributed by atoms with Crippen molar-refractivity contribution in [3.05, 3.63) is 66.0 Å². The van der Waals surface area contributed by atoms with Gasteiger partial charge in [-0.15, -0.1) is 0 Å². The molecule has 1 aliphatic rings. The zero-order valence-corrected chi connectivity index (χ0v) is 12.4. The molecule has 0 fully saturated rings. The molecule has 0 saturated heterocycles. The first-order valence-electron chi connectivity index (χ1n) is 7.16. The molecule has 1 atom stereocenters. The van der Waals surface area contributed by atoms with E-state index in [0.717, 1.165) is 22.6 Å². The van der Waals surface area contributed by atoms with E-state index in [4.69, 9.17) is 4.74 Å². The Morgan fingerprint density at radius 2 is 2.04 bits per heavy atom. The van der Waals surface area contributed by atoms with Gasteiger partial charge in [0.05, 0.1) is 7.11 Å². The van der Waals surface area contributed by atoms with Crippen molar-refractivity contribution >= 4 is 11.6 Å². The largest absolute Gasteiger partial charge is 0.497 e. The van der Waals surface area contributed by atoms with Crippen molar-refractivity contribution in [1.82, 2.24) is 25.2 Å². The molecule has 1 aromatic carbocycles. The minimum Gasteiger partial charge on any atom is -0.497 e. The van der Waals surface area contributed by atoms with Gasteiger partial charge in [0, 0.05) is 23.7 Å². The van der Waals surface area contributed by atoms with Gasteiger partial charge < -0.3 is 10.1 Å². The Morgan fingerprint density at radius 3 is 2.78 bits per heavy atom. The lowest BCUT2D eigenvalue weighted by Gasteiger charge is -2.23. The van der Waals surface area contributed by atoms with Crippen LogP contribution in [0, 0.1) is 0 Å². The quantitative estimate of drug-likeness (QED) is 0.798. The number of anilines is 1. The molecule has 0 radical (unpaired) electrons. The summed E-state index contributed by atoms with van der Waals surface area (Å²) in [5.74, 6) is 1.42. The first-order chi connectivity index (χ1) is 11.3. The lowest BCUT2D eigenvalue weighted by molar-refractivity contribution is 0.414.